The number of carbonyl (C=O) groups is 4. The zero-order valence-electron chi connectivity index (χ0n) is 40.7. The molecular formula is C49H75N3O17. The van der Waals surface area contributed by atoms with Gasteiger partial charge in [0.05, 0.1) is 38.5 Å². The summed E-state index contributed by atoms with van der Waals surface area (Å²) in [5.74, 6) is -3.85. The Morgan fingerprint density at radius 1 is 0.971 bits per heavy atom. The van der Waals surface area contributed by atoms with E-state index in [4.69, 9.17) is 33.3 Å². The number of unbranched alkanes of at least 4 members (excludes halogenated alkanes) is 4. The first kappa shape index (κ1) is 54.7. The number of nitrogens with zero attached hydrogens (tertiary/aromatic N) is 1. The lowest BCUT2D eigenvalue weighted by Crippen LogP contribution is -2.71. The average molecular weight is 978 g/mol. The summed E-state index contributed by atoms with van der Waals surface area (Å²) in [5.41, 5.74) is -1.06. The second-order valence-corrected chi connectivity index (χ2v) is 20.1. The largest absolute Gasteiger partial charge is 0.460 e. The summed E-state index contributed by atoms with van der Waals surface area (Å²) >= 11 is 0. The number of carbonyl (C=O) groups excluding carboxylic acids is 4. The molecule has 14 unspecified atom stereocenters. The Morgan fingerprint density at radius 2 is 1.67 bits per heavy atom. The number of fused-ring (bicyclic) bond motifs is 4. The van der Waals surface area contributed by atoms with Crippen LogP contribution in [0.5, 0.6) is 0 Å². The summed E-state index contributed by atoms with van der Waals surface area (Å²) in [6.45, 7) is 9.51. The maximum atomic E-state index is 15.2. The molecule has 4 aliphatic heterocycles. The lowest BCUT2D eigenvalue weighted by molar-refractivity contribution is -0.298. The molecule has 20 nitrogen and oxygen atoms in total. The first-order valence-corrected chi connectivity index (χ1v) is 24.6. The van der Waals surface area contributed by atoms with Crippen LogP contribution in [0.2, 0.25) is 0 Å². The maximum Gasteiger partial charge on any atom is 0.327 e. The van der Waals surface area contributed by atoms with Gasteiger partial charge in [-0.25, -0.2) is 0 Å². The number of benzene rings is 1. The predicted molar refractivity (Wildman–Crippen MR) is 245 cm³/mol. The second kappa shape index (κ2) is 23.7. The SMILES string of the molecule is CCCCCC1(CCCCC)OC2C3CC4(C(=O)NC(C(=O)NC(CO)CCC(=O)OC(C)(C)C)C(C)O)C(ON(Cc5cccc(C=CCOC6OC(CO)C(O)C(O)C6O)c5)C4C(=O)O3)C2O1. The average Bonchev–Trinajstić information content (AvgIpc) is 3.86. The fourth-order valence-corrected chi connectivity index (χ4v) is 10.1. The molecular weight excluding hydrogens is 903 g/mol. The lowest BCUT2D eigenvalue weighted by atomic mass is 9.62. The Hall–Kier alpha value is -3.64. The molecule has 1 saturated carbocycles. The van der Waals surface area contributed by atoms with E-state index in [-0.39, 0.29) is 32.4 Å². The zero-order chi connectivity index (χ0) is 50.3. The number of hydrogen-bond donors (Lipinski definition) is 8. The zero-order valence-corrected chi connectivity index (χ0v) is 40.7. The van der Waals surface area contributed by atoms with Gasteiger partial charge in [-0.2, -0.15) is 5.06 Å². The van der Waals surface area contributed by atoms with E-state index < -0.39 is 133 Å². The molecule has 6 rings (SSSR count). The minimum Gasteiger partial charge on any atom is -0.460 e. The quantitative estimate of drug-likeness (QED) is 0.0537. The molecule has 0 aromatic heterocycles. The maximum absolute atomic E-state index is 15.2. The van der Waals surface area contributed by atoms with Crippen molar-refractivity contribution in [3.8, 4) is 0 Å². The van der Waals surface area contributed by atoms with Gasteiger partial charge in [-0.15, -0.1) is 0 Å². The third kappa shape index (κ3) is 12.7. The van der Waals surface area contributed by atoms with Gasteiger partial charge >= 0.3 is 11.9 Å². The molecule has 1 aromatic carbocycles. The molecule has 0 radical (unpaired) electrons. The first-order valence-electron chi connectivity index (χ1n) is 24.6. The smallest absolute Gasteiger partial charge is 0.327 e. The van der Waals surface area contributed by atoms with Gasteiger partial charge in [0.15, 0.2) is 18.1 Å². The number of nitrogens with one attached hydrogen (secondary N) is 2. The van der Waals surface area contributed by atoms with Crippen molar-refractivity contribution >= 4 is 29.8 Å². The summed E-state index contributed by atoms with van der Waals surface area (Å²) in [7, 11) is 0. The van der Waals surface area contributed by atoms with Crippen molar-refractivity contribution in [3.05, 3.63) is 41.5 Å². The highest BCUT2D eigenvalue weighted by atomic mass is 16.8. The molecule has 5 fully saturated rings. The third-order valence-corrected chi connectivity index (χ3v) is 13.5. The van der Waals surface area contributed by atoms with E-state index in [0.29, 0.717) is 24.0 Å². The van der Waals surface area contributed by atoms with E-state index in [2.05, 4.69) is 24.5 Å². The molecule has 0 spiro atoms. The molecule has 20 heteroatoms. The first-order chi connectivity index (χ1) is 32.8. The van der Waals surface area contributed by atoms with Crippen molar-refractivity contribution in [2.45, 2.75) is 209 Å². The Kier molecular flexibility index (Phi) is 18.8. The van der Waals surface area contributed by atoms with E-state index in [1.54, 1.807) is 39.0 Å². The minimum atomic E-state index is -1.70. The van der Waals surface area contributed by atoms with Gasteiger partial charge in [0.2, 0.25) is 11.8 Å². The molecule has 1 aliphatic carbocycles. The molecule has 4 saturated heterocycles. The molecule has 14 atom stereocenters. The van der Waals surface area contributed by atoms with Crippen molar-refractivity contribution in [3.63, 3.8) is 0 Å². The summed E-state index contributed by atoms with van der Waals surface area (Å²) in [6, 6.07) is 3.45. The van der Waals surface area contributed by atoms with E-state index in [1.807, 2.05) is 18.2 Å². The number of esters is 2. The van der Waals surface area contributed by atoms with E-state index in [9.17, 15) is 45.0 Å². The van der Waals surface area contributed by atoms with E-state index in [0.717, 1.165) is 38.5 Å². The predicted octanol–water partition coefficient (Wildman–Crippen LogP) is 1.42. The van der Waals surface area contributed by atoms with Crippen LogP contribution in [-0.4, -0.2) is 170 Å². The second-order valence-electron chi connectivity index (χ2n) is 20.1. The van der Waals surface area contributed by atoms with Gasteiger partial charge in [0.25, 0.3) is 0 Å². The van der Waals surface area contributed by atoms with Crippen molar-refractivity contribution in [2.24, 2.45) is 5.41 Å². The highest BCUT2D eigenvalue weighted by Crippen LogP contribution is 2.58. The van der Waals surface area contributed by atoms with Crippen molar-refractivity contribution in [2.75, 3.05) is 19.8 Å². The van der Waals surface area contributed by atoms with Crippen molar-refractivity contribution < 1.29 is 83.1 Å². The molecule has 4 heterocycles. The monoisotopic (exact) mass is 978 g/mol. The van der Waals surface area contributed by atoms with Crippen molar-refractivity contribution in [1.29, 1.82) is 0 Å². The molecule has 388 valence electrons. The third-order valence-electron chi connectivity index (χ3n) is 13.5. The molecule has 2 bridgehead atoms. The normalized spacial score (nSPS) is 32.0. The minimum absolute atomic E-state index is 0.00839. The number of aliphatic hydroxyl groups excluding tert-OH is 6. The Bertz CT molecular complexity index is 1920. The van der Waals surface area contributed by atoms with Crippen LogP contribution < -0.4 is 10.6 Å². The van der Waals surface area contributed by atoms with Crippen molar-refractivity contribution in [1.82, 2.24) is 15.7 Å². The van der Waals surface area contributed by atoms with E-state index >= 15 is 4.79 Å². The molecule has 69 heavy (non-hydrogen) atoms. The summed E-state index contributed by atoms with van der Waals surface area (Å²) < 4.78 is 36.4. The van der Waals surface area contributed by atoms with Gasteiger partial charge in [0, 0.05) is 25.7 Å². The fraction of sp³-hybridized carbons (Fsp3) is 0.755. The van der Waals surface area contributed by atoms with Crippen LogP contribution in [0.25, 0.3) is 6.08 Å². The van der Waals surface area contributed by atoms with Gasteiger partial charge in [0.1, 0.15) is 65.9 Å². The van der Waals surface area contributed by atoms with Crippen LogP contribution in [0.15, 0.2) is 30.3 Å². The van der Waals surface area contributed by atoms with Crippen LogP contribution >= 0.6 is 0 Å². The van der Waals surface area contributed by atoms with Crippen LogP contribution in [0, 0.1) is 5.41 Å². The molecule has 5 aliphatic rings. The number of rotatable bonds is 24. The number of hydroxylamine groups is 2. The van der Waals surface area contributed by atoms with Gasteiger partial charge in [-0.3, -0.25) is 24.0 Å². The molecule has 1 aromatic rings. The number of ether oxygens (including phenoxy) is 6. The number of hydrogen-bond acceptors (Lipinski definition) is 18. The highest BCUT2D eigenvalue weighted by molar-refractivity contribution is 5.96. The summed E-state index contributed by atoms with van der Waals surface area (Å²) in [4.78, 5) is 62.8. The summed E-state index contributed by atoms with van der Waals surface area (Å²) in [6.07, 6.45) is -2.31. The number of amides is 2. The lowest BCUT2D eigenvalue weighted by Gasteiger charge is -2.49. The highest BCUT2D eigenvalue weighted by Gasteiger charge is 2.76. The Balaban J connectivity index is 1.25. The number of aliphatic hydroxyl groups is 6. The molecule has 8 N–H and O–H groups in total. The van der Waals surface area contributed by atoms with Gasteiger partial charge in [-0.1, -0.05) is 75.9 Å². The van der Waals surface area contributed by atoms with Crippen LogP contribution in [0.3, 0.4) is 0 Å². The van der Waals surface area contributed by atoms with E-state index in [1.165, 1.54) is 12.0 Å². The van der Waals surface area contributed by atoms with Gasteiger partial charge < -0.3 is 69.7 Å². The standard InChI is InChI=1S/C49H75N3O17/c1-7-9-11-20-48(21-12-10-8-2)67-39-32-24-49(46(62)51-35(28(3)55)43(60)50-31(26-53)18-19-34(56)66-47(4,5)6)41(44(61)64-32)52(69-42(49)40(39)68-48)25-30-16-13-15-29(23-30)17-14-22-63-45-38(59)37(58)36(57)33(27-54)65-45/h13-17,23,28,31-33,35-42,45,53-55,57-59H,7-12,18-22,24-27H2,1-6H3,(H,50,60)(H,51,62). The van der Waals surface area contributed by atoms with Crippen LogP contribution in [0.4, 0.5) is 0 Å². The van der Waals surface area contributed by atoms with Crippen LogP contribution in [-0.2, 0) is 59.0 Å². The Morgan fingerprint density at radius 3 is 2.30 bits per heavy atom. The van der Waals surface area contributed by atoms with Gasteiger partial charge in [-0.05, 0) is 58.1 Å². The van der Waals surface area contributed by atoms with Crippen LogP contribution in [0.1, 0.15) is 123 Å². The summed E-state index contributed by atoms with van der Waals surface area (Å²) in [5, 5.41) is 68.1. The Labute approximate surface area is 403 Å². The molecule has 2 amide bonds. The fourth-order valence-electron chi connectivity index (χ4n) is 10.1. The topological polar surface area (TPSA) is 282 Å².